The highest BCUT2D eigenvalue weighted by molar-refractivity contribution is 7.09. The largest absolute Gasteiger partial charge is 0.231 e. The van der Waals surface area contributed by atoms with E-state index in [-0.39, 0.29) is 0 Å². The average Bonchev–Trinajstić information content (AvgIpc) is 2.98. The molecule has 4 aromatic rings. The van der Waals surface area contributed by atoms with Gasteiger partial charge in [0.2, 0.25) is 11.2 Å². The topological polar surface area (TPSA) is 3.88 Å². The maximum Gasteiger partial charge on any atom is 0.231 e. The zero-order valence-electron chi connectivity index (χ0n) is 15.6. The summed E-state index contributed by atoms with van der Waals surface area (Å²) in [6.07, 6.45) is 0. The molecule has 0 radical (unpaired) electrons. The highest BCUT2D eigenvalue weighted by atomic mass is 35.5. The molecule has 0 aliphatic carbocycles. The number of halogens is 4. The van der Waals surface area contributed by atoms with Crippen molar-refractivity contribution in [2.75, 3.05) is 0 Å². The van der Waals surface area contributed by atoms with E-state index in [1.807, 2.05) is 30.3 Å². The lowest BCUT2D eigenvalue weighted by atomic mass is 9.95. The third kappa shape index (κ3) is 4.19. The van der Waals surface area contributed by atoms with Gasteiger partial charge in [0, 0.05) is 27.0 Å². The van der Waals surface area contributed by atoms with Gasteiger partial charge in [-0.1, -0.05) is 63.8 Å². The first-order chi connectivity index (χ1) is 13.8. The molecule has 29 heavy (non-hydrogen) atoms. The number of aromatic nitrogens is 1. The van der Waals surface area contributed by atoms with Crippen LogP contribution in [0.25, 0.3) is 27.9 Å². The van der Waals surface area contributed by atoms with E-state index in [1.165, 1.54) is 10.6 Å². The predicted octanol–water partition coefficient (Wildman–Crippen LogP) is 8.59. The van der Waals surface area contributed by atoms with Crippen LogP contribution in [0.15, 0.2) is 60.1 Å². The molecule has 0 atom stereocenters. The second kappa shape index (κ2) is 8.29. The second-order valence-electron chi connectivity index (χ2n) is 6.75. The van der Waals surface area contributed by atoms with Crippen molar-refractivity contribution in [3.8, 4) is 27.9 Å². The number of aryl methyl sites for hydroxylation is 1. The Morgan fingerprint density at radius 1 is 0.690 bits per heavy atom. The molecule has 0 saturated heterocycles. The first-order valence-corrected chi connectivity index (χ1v) is 11.3. The van der Waals surface area contributed by atoms with Crippen LogP contribution in [0.4, 0.5) is 0 Å². The summed E-state index contributed by atoms with van der Waals surface area (Å²) >= 11 is 26.9. The lowest BCUT2D eigenvalue weighted by Gasteiger charge is -2.12. The monoisotopic (exact) mass is 478 g/mol. The van der Waals surface area contributed by atoms with Crippen molar-refractivity contribution in [3.63, 3.8) is 0 Å². The summed E-state index contributed by atoms with van der Waals surface area (Å²) in [5.41, 5.74) is 8.26. The van der Waals surface area contributed by atoms with Gasteiger partial charge < -0.3 is 0 Å². The number of thiazole rings is 1. The van der Waals surface area contributed by atoms with Crippen LogP contribution < -0.4 is 4.57 Å². The Bertz CT molecular complexity index is 1120. The van der Waals surface area contributed by atoms with Gasteiger partial charge in [0.1, 0.15) is 0 Å². The zero-order valence-corrected chi connectivity index (χ0v) is 19.5. The second-order valence-corrected chi connectivity index (χ2v) is 9.56. The Balaban J connectivity index is 2.08. The molecule has 0 fully saturated rings. The van der Waals surface area contributed by atoms with Crippen LogP contribution in [0.5, 0.6) is 0 Å². The van der Waals surface area contributed by atoms with Gasteiger partial charge in [-0.3, -0.25) is 0 Å². The van der Waals surface area contributed by atoms with Crippen LogP contribution in [0.1, 0.15) is 10.6 Å². The van der Waals surface area contributed by atoms with Crippen molar-refractivity contribution < 1.29 is 4.57 Å². The molecule has 0 saturated carbocycles. The minimum absolute atomic E-state index is 0.595. The highest BCUT2D eigenvalue weighted by Crippen LogP contribution is 2.37. The summed E-state index contributed by atoms with van der Waals surface area (Å²) in [5, 5.41) is 2.38. The van der Waals surface area contributed by atoms with Gasteiger partial charge >= 0.3 is 0 Å². The standard InChI is InChI=1S/C23H16Cl4NS/c1-13-14(2)29-12-28(13)23-21(15-6-17(24)10-18(25)7-15)4-3-5-22(23)16-8-19(26)11-20(27)9-16/h3-12H,1-2H3/q+1. The number of benzene rings is 3. The molecule has 1 aromatic heterocycles. The molecule has 0 aliphatic heterocycles. The smallest absolute Gasteiger partial charge is 0.153 e. The number of hydrogen-bond acceptors (Lipinski definition) is 1. The highest BCUT2D eigenvalue weighted by Gasteiger charge is 2.25. The summed E-state index contributed by atoms with van der Waals surface area (Å²) < 4.78 is 2.20. The van der Waals surface area contributed by atoms with Crippen LogP contribution in [-0.4, -0.2) is 0 Å². The molecular weight excluding hydrogens is 464 g/mol. The molecule has 0 N–H and O–H groups in total. The maximum atomic E-state index is 6.31. The van der Waals surface area contributed by atoms with Crippen LogP contribution in [0, 0.1) is 13.8 Å². The Labute approximate surface area is 194 Å². The predicted molar refractivity (Wildman–Crippen MR) is 126 cm³/mol. The first-order valence-electron chi connectivity index (χ1n) is 8.86. The zero-order chi connectivity index (χ0) is 20.7. The van der Waals surface area contributed by atoms with Gasteiger partial charge in [0.05, 0.1) is 16.0 Å². The fraction of sp³-hybridized carbons (Fsp3) is 0.0870. The average molecular weight is 480 g/mol. The van der Waals surface area contributed by atoms with E-state index in [9.17, 15) is 0 Å². The van der Waals surface area contributed by atoms with Gasteiger partial charge in [-0.05, 0) is 66.6 Å². The molecule has 0 unspecified atom stereocenters. The summed E-state index contributed by atoms with van der Waals surface area (Å²) in [7, 11) is 0. The molecule has 0 amide bonds. The molecule has 1 heterocycles. The number of rotatable bonds is 3. The third-order valence-corrected chi connectivity index (χ3v) is 6.67. The van der Waals surface area contributed by atoms with Gasteiger partial charge in [-0.25, -0.2) is 0 Å². The SMILES string of the molecule is Cc1sc[n+](-c2c(-c3cc(Cl)cc(Cl)c3)cccc2-c2cc(Cl)cc(Cl)c2)c1C. The summed E-state index contributed by atoms with van der Waals surface area (Å²) in [6, 6.07) is 17.4. The summed E-state index contributed by atoms with van der Waals surface area (Å²) in [6.45, 7) is 4.23. The van der Waals surface area contributed by atoms with E-state index in [1.54, 1.807) is 23.5 Å². The van der Waals surface area contributed by atoms with Crippen LogP contribution >= 0.6 is 57.7 Å². The summed E-state index contributed by atoms with van der Waals surface area (Å²) in [5.74, 6) is 0. The summed E-state index contributed by atoms with van der Waals surface area (Å²) in [4.78, 5) is 1.25. The molecule has 6 heteroatoms. The van der Waals surface area contributed by atoms with E-state index in [0.29, 0.717) is 20.1 Å². The fourth-order valence-corrected chi connectivity index (χ4v) is 5.22. The number of hydrogen-bond donors (Lipinski definition) is 0. The Hall–Kier alpha value is -1.55. The molecule has 4 rings (SSSR count). The quantitative estimate of drug-likeness (QED) is 0.259. The molecule has 1 nitrogen and oxygen atoms in total. The minimum atomic E-state index is 0.595. The van der Waals surface area contributed by atoms with E-state index in [0.717, 1.165) is 27.9 Å². The Kier molecular flexibility index (Phi) is 5.92. The van der Waals surface area contributed by atoms with Gasteiger partial charge in [-0.2, -0.15) is 4.57 Å². The van der Waals surface area contributed by atoms with Crippen LogP contribution in [0.3, 0.4) is 0 Å². The molecule has 0 spiro atoms. The van der Waals surface area contributed by atoms with Crippen molar-refractivity contribution >= 4 is 57.7 Å². The van der Waals surface area contributed by atoms with Crippen molar-refractivity contribution in [1.82, 2.24) is 0 Å². The Morgan fingerprint density at radius 2 is 1.14 bits per heavy atom. The van der Waals surface area contributed by atoms with E-state index in [2.05, 4.69) is 36.1 Å². The van der Waals surface area contributed by atoms with Crippen molar-refractivity contribution in [1.29, 1.82) is 0 Å². The Morgan fingerprint density at radius 3 is 1.52 bits per heavy atom. The lowest BCUT2D eigenvalue weighted by Crippen LogP contribution is -2.32. The lowest BCUT2D eigenvalue weighted by molar-refractivity contribution is -0.596. The molecule has 3 aromatic carbocycles. The van der Waals surface area contributed by atoms with E-state index >= 15 is 0 Å². The third-order valence-electron chi connectivity index (χ3n) is 4.83. The number of para-hydroxylation sites is 1. The normalized spacial score (nSPS) is 11.1. The van der Waals surface area contributed by atoms with Crippen molar-refractivity contribution in [2.24, 2.45) is 0 Å². The van der Waals surface area contributed by atoms with Gasteiger partial charge in [-0.15, -0.1) is 0 Å². The number of nitrogens with zero attached hydrogens (tertiary/aromatic N) is 1. The fourth-order valence-electron chi connectivity index (χ4n) is 3.37. The molecule has 0 bridgehead atoms. The molecule has 0 aliphatic rings. The van der Waals surface area contributed by atoms with Crippen LogP contribution in [0.2, 0.25) is 20.1 Å². The maximum absolute atomic E-state index is 6.31. The molecule has 146 valence electrons. The molecular formula is C23H16Cl4NS+. The van der Waals surface area contributed by atoms with Crippen LogP contribution in [-0.2, 0) is 0 Å². The minimum Gasteiger partial charge on any atom is -0.153 e. The first kappa shape index (κ1) is 20.7. The van der Waals surface area contributed by atoms with Gasteiger partial charge in [0.15, 0.2) is 5.69 Å². The van der Waals surface area contributed by atoms with Crippen molar-refractivity contribution in [2.45, 2.75) is 13.8 Å². The van der Waals surface area contributed by atoms with Gasteiger partial charge in [0.25, 0.3) is 0 Å². The van der Waals surface area contributed by atoms with E-state index in [4.69, 9.17) is 46.4 Å². The van der Waals surface area contributed by atoms with E-state index < -0.39 is 0 Å². The van der Waals surface area contributed by atoms with Crippen molar-refractivity contribution in [3.05, 3.63) is 90.8 Å².